The summed E-state index contributed by atoms with van der Waals surface area (Å²) in [7, 11) is 0. The molecule has 148 valence electrons. The SMILES string of the molecule is Cl.O=C(CCc1nc2ccccc2n1-c1ccccc1)NCC1CNCC1O. The number of halogens is 1. The van der Waals surface area contributed by atoms with Crippen LogP contribution < -0.4 is 10.6 Å². The molecular formula is C21H25ClN4O2. The number of amides is 1. The average molecular weight is 401 g/mol. The quantitative estimate of drug-likeness (QED) is 0.592. The molecule has 2 atom stereocenters. The fourth-order valence-corrected chi connectivity index (χ4v) is 3.59. The molecule has 4 rings (SSSR count). The monoisotopic (exact) mass is 400 g/mol. The van der Waals surface area contributed by atoms with E-state index in [-0.39, 0.29) is 30.3 Å². The molecule has 1 fully saturated rings. The van der Waals surface area contributed by atoms with E-state index in [1.807, 2.05) is 54.6 Å². The molecule has 0 radical (unpaired) electrons. The fourth-order valence-electron chi connectivity index (χ4n) is 3.59. The first kappa shape index (κ1) is 20.3. The number of rotatable bonds is 6. The van der Waals surface area contributed by atoms with Gasteiger partial charge < -0.3 is 15.7 Å². The van der Waals surface area contributed by atoms with Crippen molar-refractivity contribution in [3.8, 4) is 5.69 Å². The number of aliphatic hydroxyl groups excluding tert-OH is 1. The van der Waals surface area contributed by atoms with Gasteiger partial charge in [-0.25, -0.2) is 4.98 Å². The van der Waals surface area contributed by atoms with Gasteiger partial charge in [-0.2, -0.15) is 0 Å². The third kappa shape index (κ3) is 4.35. The first-order valence-electron chi connectivity index (χ1n) is 9.39. The smallest absolute Gasteiger partial charge is 0.220 e. The number of β-amino-alcohol motifs (C(OH)–C–C–N with tert-alkyl or cyclic N) is 1. The lowest BCUT2D eigenvalue weighted by atomic mass is 10.1. The van der Waals surface area contributed by atoms with Gasteiger partial charge in [0.2, 0.25) is 5.91 Å². The van der Waals surface area contributed by atoms with Gasteiger partial charge in [-0.15, -0.1) is 12.4 Å². The van der Waals surface area contributed by atoms with E-state index in [0.717, 1.165) is 29.1 Å². The van der Waals surface area contributed by atoms with Crippen molar-refractivity contribution in [1.82, 2.24) is 20.2 Å². The van der Waals surface area contributed by atoms with E-state index in [4.69, 9.17) is 4.98 Å². The minimum Gasteiger partial charge on any atom is -0.391 e. The van der Waals surface area contributed by atoms with E-state index >= 15 is 0 Å². The maximum atomic E-state index is 12.3. The van der Waals surface area contributed by atoms with Crippen LogP contribution in [0.25, 0.3) is 16.7 Å². The second-order valence-electron chi connectivity index (χ2n) is 6.98. The number of carbonyl (C=O) groups is 1. The number of nitrogens with one attached hydrogen (secondary N) is 2. The minimum absolute atomic E-state index is 0. The molecule has 0 bridgehead atoms. The lowest BCUT2D eigenvalue weighted by Gasteiger charge is -2.14. The van der Waals surface area contributed by atoms with Crippen LogP contribution in [0.2, 0.25) is 0 Å². The number of aromatic nitrogens is 2. The Morgan fingerprint density at radius 1 is 1.14 bits per heavy atom. The molecule has 0 aliphatic carbocycles. The zero-order valence-electron chi connectivity index (χ0n) is 15.5. The Kier molecular flexibility index (Phi) is 6.67. The van der Waals surface area contributed by atoms with E-state index < -0.39 is 0 Å². The third-order valence-corrected chi connectivity index (χ3v) is 5.09. The van der Waals surface area contributed by atoms with E-state index in [1.54, 1.807) is 0 Å². The first-order valence-corrected chi connectivity index (χ1v) is 9.39. The van der Waals surface area contributed by atoms with E-state index in [9.17, 15) is 9.90 Å². The van der Waals surface area contributed by atoms with Gasteiger partial charge in [-0.05, 0) is 24.3 Å². The Morgan fingerprint density at radius 2 is 1.89 bits per heavy atom. The van der Waals surface area contributed by atoms with Gasteiger partial charge in [0, 0.05) is 44.1 Å². The Labute approximate surface area is 170 Å². The highest BCUT2D eigenvalue weighted by molar-refractivity contribution is 5.85. The number of aliphatic hydroxyl groups is 1. The molecule has 1 aliphatic heterocycles. The second-order valence-corrected chi connectivity index (χ2v) is 6.98. The van der Waals surface area contributed by atoms with Crippen molar-refractivity contribution in [2.45, 2.75) is 18.9 Å². The van der Waals surface area contributed by atoms with Crippen molar-refractivity contribution in [2.75, 3.05) is 19.6 Å². The van der Waals surface area contributed by atoms with Crippen LogP contribution in [0, 0.1) is 5.92 Å². The molecule has 1 aromatic heterocycles. The molecule has 2 aromatic carbocycles. The molecule has 1 aliphatic rings. The normalized spacial score (nSPS) is 18.8. The van der Waals surface area contributed by atoms with Crippen LogP contribution >= 0.6 is 12.4 Å². The Balaban J connectivity index is 0.00000225. The van der Waals surface area contributed by atoms with Crippen molar-refractivity contribution in [3.63, 3.8) is 0 Å². The number of aryl methyl sites for hydroxylation is 1. The molecular weight excluding hydrogens is 376 g/mol. The van der Waals surface area contributed by atoms with Gasteiger partial charge in [-0.3, -0.25) is 9.36 Å². The first-order chi connectivity index (χ1) is 13.2. The van der Waals surface area contributed by atoms with Crippen molar-refractivity contribution in [3.05, 3.63) is 60.4 Å². The van der Waals surface area contributed by atoms with Gasteiger partial charge in [-0.1, -0.05) is 30.3 Å². The Bertz CT molecular complexity index is 929. The largest absolute Gasteiger partial charge is 0.391 e. The van der Waals surface area contributed by atoms with Gasteiger partial charge in [0.25, 0.3) is 0 Å². The fraction of sp³-hybridized carbons (Fsp3) is 0.333. The molecule has 6 nitrogen and oxygen atoms in total. The van der Waals surface area contributed by atoms with E-state index in [2.05, 4.69) is 15.2 Å². The maximum Gasteiger partial charge on any atom is 0.220 e. The summed E-state index contributed by atoms with van der Waals surface area (Å²) >= 11 is 0. The predicted molar refractivity (Wildman–Crippen MR) is 112 cm³/mol. The summed E-state index contributed by atoms with van der Waals surface area (Å²) in [5.41, 5.74) is 3.01. The van der Waals surface area contributed by atoms with Crippen LogP contribution in [0.1, 0.15) is 12.2 Å². The van der Waals surface area contributed by atoms with Crippen molar-refractivity contribution in [2.24, 2.45) is 5.92 Å². The minimum atomic E-state index is -0.382. The number of nitrogens with zero attached hydrogens (tertiary/aromatic N) is 2. The standard InChI is InChI=1S/C21H24N4O2.ClH/c26-19-14-22-12-15(19)13-23-21(27)11-10-20-24-17-8-4-5-9-18(17)25(20)16-6-2-1-3-7-16;/h1-9,15,19,22,26H,10-14H2,(H,23,27);1H. The van der Waals surface area contributed by atoms with Crippen LogP contribution in [0.15, 0.2) is 54.6 Å². The van der Waals surface area contributed by atoms with E-state index in [1.165, 1.54) is 0 Å². The molecule has 0 spiro atoms. The number of imidazole rings is 1. The molecule has 2 unspecified atom stereocenters. The summed E-state index contributed by atoms with van der Waals surface area (Å²) < 4.78 is 2.12. The number of benzene rings is 2. The summed E-state index contributed by atoms with van der Waals surface area (Å²) in [5.74, 6) is 0.948. The zero-order chi connectivity index (χ0) is 18.6. The van der Waals surface area contributed by atoms with Gasteiger partial charge in [0.15, 0.2) is 0 Å². The van der Waals surface area contributed by atoms with Crippen LogP contribution in [0.5, 0.6) is 0 Å². The average Bonchev–Trinajstić information content (AvgIpc) is 3.28. The van der Waals surface area contributed by atoms with Crippen molar-refractivity contribution >= 4 is 29.3 Å². The summed E-state index contributed by atoms with van der Waals surface area (Å²) in [4.78, 5) is 17.0. The second kappa shape index (κ2) is 9.19. The highest BCUT2D eigenvalue weighted by atomic mass is 35.5. The topological polar surface area (TPSA) is 79.2 Å². The highest BCUT2D eigenvalue weighted by Crippen LogP contribution is 2.22. The van der Waals surface area contributed by atoms with Gasteiger partial charge >= 0.3 is 0 Å². The molecule has 1 amide bonds. The number of carbonyl (C=O) groups excluding carboxylic acids is 1. The lowest BCUT2D eigenvalue weighted by Crippen LogP contribution is -2.34. The molecule has 7 heteroatoms. The van der Waals surface area contributed by atoms with Gasteiger partial charge in [0.05, 0.1) is 17.1 Å². The molecule has 0 saturated carbocycles. The van der Waals surface area contributed by atoms with Crippen LogP contribution in [-0.4, -0.2) is 46.3 Å². The third-order valence-electron chi connectivity index (χ3n) is 5.09. The number of fused-ring (bicyclic) bond motifs is 1. The van der Waals surface area contributed by atoms with Crippen LogP contribution in [0.4, 0.5) is 0 Å². The molecule has 1 saturated heterocycles. The number of hydrogen-bond acceptors (Lipinski definition) is 4. The predicted octanol–water partition coefficient (Wildman–Crippen LogP) is 2.08. The maximum absolute atomic E-state index is 12.3. The number of hydrogen-bond donors (Lipinski definition) is 3. The lowest BCUT2D eigenvalue weighted by molar-refractivity contribution is -0.121. The van der Waals surface area contributed by atoms with E-state index in [0.29, 0.717) is 25.9 Å². The van der Waals surface area contributed by atoms with Crippen LogP contribution in [0.3, 0.4) is 0 Å². The highest BCUT2D eigenvalue weighted by Gasteiger charge is 2.25. The molecule has 3 aromatic rings. The number of para-hydroxylation sites is 3. The van der Waals surface area contributed by atoms with Gasteiger partial charge in [0.1, 0.15) is 5.82 Å². The Hall–Kier alpha value is -2.41. The molecule has 28 heavy (non-hydrogen) atoms. The molecule has 2 heterocycles. The van der Waals surface area contributed by atoms with Crippen LogP contribution in [-0.2, 0) is 11.2 Å². The Morgan fingerprint density at radius 3 is 2.64 bits per heavy atom. The van der Waals surface area contributed by atoms with Crippen molar-refractivity contribution < 1.29 is 9.90 Å². The summed E-state index contributed by atoms with van der Waals surface area (Å²) in [6.45, 7) is 1.84. The van der Waals surface area contributed by atoms with Crippen molar-refractivity contribution in [1.29, 1.82) is 0 Å². The molecule has 3 N–H and O–H groups in total. The summed E-state index contributed by atoms with van der Waals surface area (Å²) in [5, 5.41) is 15.9. The summed E-state index contributed by atoms with van der Waals surface area (Å²) in [6.07, 6.45) is 0.542. The summed E-state index contributed by atoms with van der Waals surface area (Å²) in [6, 6.07) is 18.1. The zero-order valence-corrected chi connectivity index (χ0v) is 16.4.